The molecule has 0 fully saturated rings. The normalized spacial score (nSPS) is 11.8. The lowest BCUT2D eigenvalue weighted by atomic mass is 10.1. The molecule has 2 aromatic carbocycles. The molecule has 0 atom stereocenters. The van der Waals surface area contributed by atoms with Gasteiger partial charge in [0.25, 0.3) is 0 Å². The van der Waals surface area contributed by atoms with E-state index >= 15 is 0 Å². The minimum Gasteiger partial charge on any atom is -0.496 e. The third kappa shape index (κ3) is 4.61. The van der Waals surface area contributed by atoms with Crippen molar-refractivity contribution in [3.63, 3.8) is 0 Å². The van der Waals surface area contributed by atoms with Crippen molar-refractivity contribution < 1.29 is 4.74 Å². The van der Waals surface area contributed by atoms with E-state index in [1.165, 1.54) is 5.56 Å². The standard InChI is InChI=1S/C19H23N3OS/c1-5-14-9-10-15(11-18(14)23-4)19(22-13-20-2)24-17-8-6-7-16(12-17)21-3/h6-13,21H,5H2,1-4H3. The number of nitrogens with zero attached hydrogens (tertiary/aromatic N) is 2. The van der Waals surface area contributed by atoms with E-state index in [9.17, 15) is 0 Å². The number of thioether (sulfide) groups is 1. The number of hydrogen-bond donors (Lipinski definition) is 1. The van der Waals surface area contributed by atoms with Crippen LogP contribution in [0, 0.1) is 0 Å². The van der Waals surface area contributed by atoms with Gasteiger partial charge in [-0.15, -0.1) is 0 Å². The molecule has 0 aliphatic rings. The number of benzene rings is 2. The summed E-state index contributed by atoms with van der Waals surface area (Å²) in [5.41, 5.74) is 3.28. The van der Waals surface area contributed by atoms with Crippen LogP contribution in [0.5, 0.6) is 5.75 Å². The van der Waals surface area contributed by atoms with Gasteiger partial charge in [-0.3, -0.25) is 4.99 Å². The second-order valence-corrected chi connectivity index (χ2v) is 6.13. The fraction of sp³-hybridized carbons (Fsp3) is 0.263. The van der Waals surface area contributed by atoms with Crippen molar-refractivity contribution in [2.45, 2.75) is 18.2 Å². The molecule has 0 amide bonds. The van der Waals surface area contributed by atoms with Gasteiger partial charge in [-0.05, 0) is 36.2 Å². The Hall–Kier alpha value is -2.27. The molecule has 2 aromatic rings. The number of nitrogens with one attached hydrogen (secondary N) is 1. The second-order valence-electron chi connectivity index (χ2n) is 5.07. The molecule has 0 radical (unpaired) electrons. The molecular weight excluding hydrogens is 318 g/mol. The van der Waals surface area contributed by atoms with Gasteiger partial charge in [-0.1, -0.05) is 36.9 Å². The maximum Gasteiger partial charge on any atom is 0.122 e. The Balaban J connectivity index is 2.38. The van der Waals surface area contributed by atoms with Gasteiger partial charge in [0, 0.05) is 30.2 Å². The quantitative estimate of drug-likeness (QED) is 0.478. The Bertz CT molecular complexity index is 741. The molecule has 4 nitrogen and oxygen atoms in total. The SMILES string of the molecule is CCc1ccc(C(=NC=NC)Sc2cccc(NC)c2)cc1OC. The van der Waals surface area contributed by atoms with Crippen molar-refractivity contribution in [1.82, 2.24) is 0 Å². The van der Waals surface area contributed by atoms with E-state index in [1.54, 1.807) is 32.3 Å². The molecule has 2 rings (SSSR count). The van der Waals surface area contributed by atoms with Crippen LogP contribution in [0.15, 0.2) is 57.3 Å². The lowest BCUT2D eigenvalue weighted by Crippen LogP contribution is -2.00. The number of rotatable bonds is 6. The zero-order valence-corrected chi connectivity index (χ0v) is 15.4. The van der Waals surface area contributed by atoms with E-state index in [0.717, 1.165) is 33.4 Å². The van der Waals surface area contributed by atoms with Gasteiger partial charge in [-0.25, -0.2) is 4.99 Å². The Kier molecular flexibility index (Phi) is 6.88. The number of ether oxygens (including phenoxy) is 1. The van der Waals surface area contributed by atoms with Crippen molar-refractivity contribution in [3.05, 3.63) is 53.6 Å². The molecule has 0 saturated heterocycles. The molecule has 126 valence electrons. The van der Waals surface area contributed by atoms with Crippen LogP contribution in [0.2, 0.25) is 0 Å². The van der Waals surface area contributed by atoms with Gasteiger partial charge < -0.3 is 10.1 Å². The Morgan fingerprint density at radius 3 is 2.75 bits per heavy atom. The summed E-state index contributed by atoms with van der Waals surface area (Å²) in [6.07, 6.45) is 2.51. The van der Waals surface area contributed by atoms with Crippen LogP contribution in [-0.2, 0) is 6.42 Å². The van der Waals surface area contributed by atoms with Crippen molar-refractivity contribution in [2.75, 3.05) is 26.5 Å². The summed E-state index contributed by atoms with van der Waals surface area (Å²) in [6.45, 7) is 2.12. The van der Waals surface area contributed by atoms with E-state index in [2.05, 4.69) is 46.5 Å². The molecule has 0 unspecified atom stereocenters. The summed E-state index contributed by atoms with van der Waals surface area (Å²) in [4.78, 5) is 9.60. The minimum atomic E-state index is 0.884. The second kappa shape index (κ2) is 9.13. The van der Waals surface area contributed by atoms with Gasteiger partial charge in [0.1, 0.15) is 17.1 Å². The summed E-state index contributed by atoms with van der Waals surface area (Å²) >= 11 is 1.61. The van der Waals surface area contributed by atoms with Gasteiger partial charge in [0.15, 0.2) is 0 Å². The fourth-order valence-corrected chi connectivity index (χ4v) is 3.17. The zero-order valence-electron chi connectivity index (χ0n) is 14.5. The van der Waals surface area contributed by atoms with Gasteiger partial charge in [-0.2, -0.15) is 0 Å². The van der Waals surface area contributed by atoms with E-state index in [0.29, 0.717) is 0 Å². The van der Waals surface area contributed by atoms with Crippen LogP contribution in [0.25, 0.3) is 0 Å². The highest BCUT2D eigenvalue weighted by Crippen LogP contribution is 2.29. The molecule has 0 aliphatic heterocycles. The third-order valence-electron chi connectivity index (χ3n) is 3.54. The Morgan fingerprint density at radius 2 is 2.08 bits per heavy atom. The van der Waals surface area contributed by atoms with E-state index in [4.69, 9.17) is 4.74 Å². The summed E-state index contributed by atoms with van der Waals surface area (Å²) in [6, 6.07) is 14.4. The van der Waals surface area contributed by atoms with Crippen LogP contribution < -0.4 is 10.1 Å². The molecule has 0 aliphatic carbocycles. The first-order valence-corrected chi connectivity index (χ1v) is 8.64. The molecule has 24 heavy (non-hydrogen) atoms. The summed E-state index contributed by atoms with van der Waals surface area (Å²) in [5.74, 6) is 0.890. The molecule has 0 spiro atoms. The highest BCUT2D eigenvalue weighted by atomic mass is 32.2. The maximum absolute atomic E-state index is 5.51. The van der Waals surface area contributed by atoms with Crippen molar-refractivity contribution >= 4 is 28.8 Å². The highest BCUT2D eigenvalue weighted by molar-refractivity contribution is 8.14. The van der Waals surface area contributed by atoms with E-state index < -0.39 is 0 Å². The van der Waals surface area contributed by atoms with Crippen LogP contribution in [-0.4, -0.2) is 32.6 Å². The topological polar surface area (TPSA) is 46.0 Å². The molecule has 0 aromatic heterocycles. The van der Waals surface area contributed by atoms with Crippen LogP contribution >= 0.6 is 11.8 Å². The van der Waals surface area contributed by atoms with Crippen molar-refractivity contribution in [1.29, 1.82) is 0 Å². The lowest BCUT2D eigenvalue weighted by molar-refractivity contribution is 0.410. The van der Waals surface area contributed by atoms with Gasteiger partial charge >= 0.3 is 0 Å². The first kappa shape index (κ1) is 18.1. The van der Waals surface area contributed by atoms with Gasteiger partial charge in [0.2, 0.25) is 0 Å². The van der Waals surface area contributed by atoms with E-state index in [1.807, 2.05) is 25.2 Å². The summed E-state index contributed by atoms with van der Waals surface area (Å²) in [5, 5.41) is 4.04. The minimum absolute atomic E-state index is 0.884. The third-order valence-corrected chi connectivity index (χ3v) is 4.57. The summed E-state index contributed by atoms with van der Waals surface area (Å²) in [7, 11) is 5.33. The highest BCUT2D eigenvalue weighted by Gasteiger charge is 2.10. The van der Waals surface area contributed by atoms with Crippen LogP contribution in [0.4, 0.5) is 5.69 Å². The average Bonchev–Trinajstić information content (AvgIpc) is 2.64. The molecule has 0 saturated carbocycles. The first-order chi connectivity index (χ1) is 11.7. The predicted molar refractivity (Wildman–Crippen MR) is 105 cm³/mol. The molecule has 0 heterocycles. The predicted octanol–water partition coefficient (Wildman–Crippen LogP) is 4.50. The smallest absolute Gasteiger partial charge is 0.122 e. The van der Waals surface area contributed by atoms with Crippen LogP contribution in [0.3, 0.4) is 0 Å². The van der Waals surface area contributed by atoms with Crippen molar-refractivity contribution in [2.24, 2.45) is 9.98 Å². The Labute approximate surface area is 148 Å². The number of aryl methyl sites for hydroxylation is 1. The molecular formula is C19H23N3OS. The lowest BCUT2D eigenvalue weighted by Gasteiger charge is -2.11. The number of aliphatic imine (C=N–C) groups is 2. The zero-order chi connectivity index (χ0) is 17.4. The molecule has 5 heteroatoms. The maximum atomic E-state index is 5.51. The first-order valence-electron chi connectivity index (χ1n) is 7.83. The summed E-state index contributed by atoms with van der Waals surface area (Å²) < 4.78 is 5.51. The average molecular weight is 341 g/mol. The molecule has 1 N–H and O–H groups in total. The van der Waals surface area contributed by atoms with Crippen LogP contribution in [0.1, 0.15) is 18.1 Å². The monoisotopic (exact) mass is 341 g/mol. The Morgan fingerprint density at radius 1 is 1.25 bits per heavy atom. The largest absolute Gasteiger partial charge is 0.496 e. The van der Waals surface area contributed by atoms with Gasteiger partial charge in [0.05, 0.1) is 7.11 Å². The number of anilines is 1. The molecule has 0 bridgehead atoms. The number of methoxy groups -OCH3 is 1. The van der Waals surface area contributed by atoms with E-state index in [-0.39, 0.29) is 0 Å². The number of hydrogen-bond acceptors (Lipinski definition) is 4. The fourth-order valence-electron chi connectivity index (χ4n) is 2.27. The van der Waals surface area contributed by atoms with Crippen molar-refractivity contribution in [3.8, 4) is 5.75 Å².